The summed E-state index contributed by atoms with van der Waals surface area (Å²) in [5.41, 5.74) is 4.29. The number of hydrogen-bond donors (Lipinski definition) is 0. The van der Waals surface area contributed by atoms with Crippen LogP contribution in [0.2, 0.25) is 0 Å². The summed E-state index contributed by atoms with van der Waals surface area (Å²) in [7, 11) is -5.59. The Bertz CT molecular complexity index is 896. The van der Waals surface area contributed by atoms with Crippen LogP contribution in [0.5, 0.6) is 0 Å². The molecule has 0 aromatic heterocycles. The van der Waals surface area contributed by atoms with Gasteiger partial charge in [-0.3, -0.25) is 0 Å². The normalized spacial score (nSPS) is 20.1. The summed E-state index contributed by atoms with van der Waals surface area (Å²) in [5, 5.41) is 3.68. The van der Waals surface area contributed by atoms with Gasteiger partial charge in [0.25, 0.3) is 0 Å². The summed E-state index contributed by atoms with van der Waals surface area (Å²) >= 11 is 9.53. The number of benzene rings is 2. The van der Waals surface area contributed by atoms with Crippen molar-refractivity contribution in [3.05, 3.63) is 60.7 Å². The summed E-state index contributed by atoms with van der Waals surface area (Å²) < 4.78 is 34.0. The molecule has 4 nitrogen and oxygen atoms in total. The molecule has 47 heavy (non-hydrogen) atoms. The van der Waals surface area contributed by atoms with Crippen molar-refractivity contribution in [3.8, 4) is 0 Å². The van der Waals surface area contributed by atoms with Gasteiger partial charge < -0.3 is 0 Å². The molecule has 0 atom stereocenters. The molecule has 0 amide bonds. The minimum absolute atomic E-state index is 0. The largest absolute Gasteiger partial charge is 1.00 e. The Kier molecular flexibility index (Phi) is 24.0. The van der Waals surface area contributed by atoms with Crippen molar-refractivity contribution in [3.63, 3.8) is 0 Å². The van der Waals surface area contributed by atoms with Gasteiger partial charge in [-0.15, -0.1) is 33.4 Å². The first-order valence-electron chi connectivity index (χ1n) is 17.9. The first-order valence-corrected chi connectivity index (χ1v) is 23.5. The molecule has 270 valence electrons. The minimum Gasteiger partial charge on any atom is -0.222 e. The summed E-state index contributed by atoms with van der Waals surface area (Å²) in [5.74, 6) is 0. The fourth-order valence-electron chi connectivity index (χ4n) is 8.53. The number of halogens is 3. The zero-order chi connectivity index (χ0) is 33.0. The SMILES string of the molecule is ClCCl.[Ag+].[O-][Cl+3]([O-])([O-])[O-].c1ccc([PH+](C2CCCCC2)C2CCCCC2)cc1.c1ccc([PH+](C2CCCCC2)C2CCCCC2)cc1. The molecule has 2 aromatic rings. The summed E-state index contributed by atoms with van der Waals surface area (Å²) in [4.78, 5) is 0. The van der Waals surface area contributed by atoms with E-state index in [0.29, 0.717) is 0 Å². The Morgan fingerprint density at radius 3 is 0.830 bits per heavy atom. The monoisotopic (exact) mass is 840 g/mol. The second-order valence-corrected chi connectivity index (χ2v) is 21.3. The first-order chi connectivity index (χ1) is 22.3. The van der Waals surface area contributed by atoms with Gasteiger partial charge in [0, 0.05) is 15.8 Å². The second kappa shape index (κ2) is 25.7. The van der Waals surface area contributed by atoms with E-state index in [4.69, 9.17) is 41.8 Å². The average Bonchev–Trinajstić information content (AvgIpc) is 3.08. The Balaban J connectivity index is 0.000000263. The molecule has 4 fully saturated rings. The molecule has 0 unspecified atom stereocenters. The van der Waals surface area contributed by atoms with Crippen LogP contribution in [0.3, 0.4) is 0 Å². The molecule has 4 saturated carbocycles. The summed E-state index contributed by atoms with van der Waals surface area (Å²) in [6, 6.07) is 23.2. The van der Waals surface area contributed by atoms with Crippen LogP contribution < -0.4 is 29.2 Å². The van der Waals surface area contributed by atoms with Gasteiger partial charge in [0.05, 0.1) is 38.6 Å². The van der Waals surface area contributed by atoms with E-state index in [1.807, 2.05) is 0 Å². The van der Waals surface area contributed by atoms with E-state index >= 15 is 0 Å². The van der Waals surface area contributed by atoms with Crippen molar-refractivity contribution < 1.29 is 51.3 Å². The van der Waals surface area contributed by atoms with Gasteiger partial charge in [0.1, 0.15) is 0 Å². The molecule has 0 heterocycles. The standard InChI is InChI=1S/2C18H27P.CH2Cl2.Ag.ClHO4/c2*1-4-10-16(11-5-1)19(17-12-6-2-7-13-17)18-14-8-3-9-15-18;2-1-3;;2-1(3,4)5/h2*1,4-5,10-11,17-18H,2-3,6-9,12-15H2;1H2;;(H,2,3,4,5)/q;;;+1;/p+1. The Hall–Kier alpha value is 0.750. The smallest absolute Gasteiger partial charge is 0.222 e. The van der Waals surface area contributed by atoms with Crippen molar-refractivity contribution in [2.24, 2.45) is 0 Å². The van der Waals surface area contributed by atoms with Crippen LogP contribution in [0.25, 0.3) is 0 Å². The van der Waals surface area contributed by atoms with E-state index in [1.165, 1.54) is 128 Å². The predicted molar refractivity (Wildman–Crippen MR) is 193 cm³/mol. The molecule has 0 bridgehead atoms. The number of hydrogen-bond acceptors (Lipinski definition) is 4. The third-order valence-corrected chi connectivity index (χ3v) is 18.2. The molecule has 0 N–H and O–H groups in total. The van der Waals surface area contributed by atoms with Crippen LogP contribution in [0.1, 0.15) is 128 Å². The molecular weight excluding hydrogens is 785 g/mol. The van der Waals surface area contributed by atoms with Gasteiger partial charge in [0.15, 0.2) is 0 Å². The second-order valence-electron chi connectivity index (χ2n) is 13.5. The third kappa shape index (κ3) is 17.7. The van der Waals surface area contributed by atoms with Crippen LogP contribution in [0.4, 0.5) is 0 Å². The van der Waals surface area contributed by atoms with Crippen LogP contribution >= 0.6 is 39.0 Å². The van der Waals surface area contributed by atoms with E-state index in [0.717, 1.165) is 22.6 Å². The van der Waals surface area contributed by atoms with Gasteiger partial charge in [-0.25, -0.2) is 18.6 Å². The van der Waals surface area contributed by atoms with Gasteiger partial charge in [-0.1, -0.05) is 62.1 Å². The molecule has 6 rings (SSSR count). The van der Waals surface area contributed by atoms with Crippen molar-refractivity contribution in [1.29, 1.82) is 0 Å². The molecule has 0 saturated heterocycles. The zero-order valence-electron chi connectivity index (χ0n) is 28.0. The van der Waals surface area contributed by atoms with Crippen molar-refractivity contribution in [1.82, 2.24) is 0 Å². The molecule has 0 aliphatic heterocycles. The molecule has 0 spiro atoms. The molecule has 0 radical (unpaired) electrons. The average molecular weight is 843 g/mol. The van der Waals surface area contributed by atoms with Crippen molar-refractivity contribution in [2.45, 2.75) is 151 Å². The minimum atomic E-state index is -4.94. The molecule has 2 aromatic carbocycles. The van der Waals surface area contributed by atoms with Crippen LogP contribution in [0, 0.1) is 10.2 Å². The molecular formula is C37H58AgCl3O4P2+2. The summed E-state index contributed by atoms with van der Waals surface area (Å²) in [6.07, 6.45) is 30.2. The predicted octanol–water partition coefficient (Wildman–Crippen LogP) is 7.05. The van der Waals surface area contributed by atoms with E-state index in [1.54, 1.807) is 10.6 Å². The van der Waals surface area contributed by atoms with E-state index in [2.05, 4.69) is 60.7 Å². The fourth-order valence-corrected chi connectivity index (χ4v) is 17.0. The van der Waals surface area contributed by atoms with Gasteiger partial charge >= 0.3 is 22.4 Å². The van der Waals surface area contributed by atoms with Crippen LogP contribution in [0.15, 0.2) is 60.7 Å². The molecule has 10 heteroatoms. The zero-order valence-corrected chi connectivity index (χ0v) is 33.8. The van der Waals surface area contributed by atoms with E-state index in [9.17, 15) is 0 Å². The molecule has 4 aliphatic rings. The third-order valence-electron chi connectivity index (χ3n) is 10.4. The van der Waals surface area contributed by atoms with E-state index in [-0.39, 0.29) is 43.6 Å². The topological polar surface area (TPSA) is 92.2 Å². The maximum absolute atomic E-state index is 8.49. The Labute approximate surface area is 315 Å². The van der Waals surface area contributed by atoms with Crippen molar-refractivity contribution >= 4 is 49.7 Å². The van der Waals surface area contributed by atoms with Crippen LogP contribution in [-0.4, -0.2) is 28.0 Å². The summed E-state index contributed by atoms with van der Waals surface area (Å²) in [6.45, 7) is 0. The Morgan fingerprint density at radius 2 is 0.638 bits per heavy atom. The maximum Gasteiger partial charge on any atom is 1.00 e. The van der Waals surface area contributed by atoms with Gasteiger partial charge in [-0.2, -0.15) is 0 Å². The molecule has 4 aliphatic carbocycles. The van der Waals surface area contributed by atoms with Gasteiger partial charge in [0.2, 0.25) is 0 Å². The maximum atomic E-state index is 8.49. The Morgan fingerprint density at radius 1 is 0.447 bits per heavy atom. The van der Waals surface area contributed by atoms with Gasteiger partial charge in [-0.05, 0) is 127 Å². The fraction of sp³-hybridized carbons (Fsp3) is 0.676. The van der Waals surface area contributed by atoms with Crippen LogP contribution in [-0.2, 0) is 22.4 Å². The first kappa shape index (κ1) is 43.9. The number of alkyl halides is 2. The van der Waals surface area contributed by atoms with E-state index < -0.39 is 10.2 Å². The number of rotatable bonds is 6. The quantitative estimate of drug-likeness (QED) is 0.177. The van der Waals surface area contributed by atoms with Crippen molar-refractivity contribution in [2.75, 3.05) is 5.34 Å².